The first kappa shape index (κ1) is 14.9. The van der Waals surface area contributed by atoms with Crippen LogP contribution >= 0.6 is 0 Å². The third-order valence-electron chi connectivity index (χ3n) is 5.70. The molecule has 1 saturated heterocycles. The highest BCUT2D eigenvalue weighted by Gasteiger charge is 2.42. The van der Waals surface area contributed by atoms with E-state index in [-0.39, 0.29) is 17.9 Å². The maximum absolute atomic E-state index is 12.7. The van der Waals surface area contributed by atoms with Gasteiger partial charge in [-0.2, -0.15) is 0 Å². The van der Waals surface area contributed by atoms with Crippen molar-refractivity contribution in [3.05, 3.63) is 0 Å². The second-order valence-corrected chi connectivity index (χ2v) is 6.99. The number of fused-ring (bicyclic) bond motifs is 2. The fraction of sp³-hybridized carbons (Fsp3) is 0.882. The van der Waals surface area contributed by atoms with Crippen molar-refractivity contribution < 1.29 is 14.3 Å². The van der Waals surface area contributed by atoms with Crippen molar-refractivity contribution in [2.45, 2.75) is 64.3 Å². The van der Waals surface area contributed by atoms with E-state index in [1.54, 1.807) is 0 Å². The Labute approximate surface area is 127 Å². The zero-order chi connectivity index (χ0) is 14.8. The molecule has 3 aliphatic rings. The van der Waals surface area contributed by atoms with Crippen molar-refractivity contribution in [2.24, 2.45) is 17.8 Å². The van der Waals surface area contributed by atoms with Crippen molar-refractivity contribution >= 4 is 11.9 Å². The first-order valence-electron chi connectivity index (χ1n) is 8.65. The molecule has 3 fully saturated rings. The zero-order valence-electron chi connectivity index (χ0n) is 13.1. The summed E-state index contributed by atoms with van der Waals surface area (Å²) in [5.74, 6) is 2.18. The Kier molecular flexibility index (Phi) is 4.51. The van der Waals surface area contributed by atoms with Crippen LogP contribution in [0.15, 0.2) is 0 Å². The Morgan fingerprint density at radius 3 is 2.67 bits per heavy atom. The van der Waals surface area contributed by atoms with Crippen LogP contribution in [-0.2, 0) is 14.3 Å². The highest BCUT2D eigenvalue weighted by molar-refractivity contribution is 5.85. The number of piperidine rings is 1. The third-order valence-corrected chi connectivity index (χ3v) is 5.70. The molecule has 3 rings (SSSR count). The highest BCUT2D eigenvalue weighted by atomic mass is 16.5. The quantitative estimate of drug-likeness (QED) is 0.749. The minimum atomic E-state index is -0.329. The second kappa shape index (κ2) is 6.37. The van der Waals surface area contributed by atoms with Crippen LogP contribution in [0.2, 0.25) is 0 Å². The molecular formula is C17H27NO3. The van der Waals surface area contributed by atoms with Crippen LogP contribution < -0.4 is 0 Å². The number of carbonyl (C=O) groups excluding carboxylic acids is 2. The smallest absolute Gasteiger partial charge is 0.328 e. The molecule has 0 spiro atoms. The van der Waals surface area contributed by atoms with Gasteiger partial charge >= 0.3 is 5.97 Å². The van der Waals surface area contributed by atoms with Gasteiger partial charge in [-0.05, 0) is 63.2 Å². The molecule has 4 unspecified atom stereocenters. The van der Waals surface area contributed by atoms with Gasteiger partial charge in [0.2, 0.25) is 5.91 Å². The van der Waals surface area contributed by atoms with E-state index in [0.717, 1.165) is 37.6 Å². The van der Waals surface area contributed by atoms with Crippen LogP contribution in [0, 0.1) is 17.8 Å². The summed E-state index contributed by atoms with van der Waals surface area (Å²) in [6.45, 7) is 2.94. The van der Waals surface area contributed by atoms with E-state index in [0.29, 0.717) is 18.9 Å². The number of likely N-dealkylation sites (tertiary alicyclic amines) is 1. The van der Waals surface area contributed by atoms with E-state index in [4.69, 9.17) is 4.74 Å². The van der Waals surface area contributed by atoms with Crippen molar-refractivity contribution in [3.8, 4) is 0 Å². The van der Waals surface area contributed by atoms with Crippen molar-refractivity contribution in [1.29, 1.82) is 0 Å². The van der Waals surface area contributed by atoms with E-state index in [9.17, 15) is 9.59 Å². The van der Waals surface area contributed by atoms with Crippen LogP contribution in [0.5, 0.6) is 0 Å². The summed E-state index contributed by atoms with van der Waals surface area (Å²) in [7, 11) is 0. The van der Waals surface area contributed by atoms with Gasteiger partial charge in [0.1, 0.15) is 6.04 Å². The molecule has 0 aromatic rings. The second-order valence-electron chi connectivity index (χ2n) is 6.99. The number of carbonyl (C=O) groups is 2. The lowest BCUT2D eigenvalue weighted by molar-refractivity contribution is -0.157. The van der Waals surface area contributed by atoms with Crippen LogP contribution in [0.4, 0.5) is 0 Å². The normalized spacial score (nSPS) is 35.0. The number of hydrogen-bond acceptors (Lipinski definition) is 3. The molecule has 0 aromatic heterocycles. The first-order chi connectivity index (χ1) is 10.2. The van der Waals surface area contributed by atoms with E-state index in [1.807, 2.05) is 11.8 Å². The van der Waals surface area contributed by atoms with Gasteiger partial charge in [0, 0.05) is 13.0 Å². The van der Waals surface area contributed by atoms with Gasteiger partial charge in [0.15, 0.2) is 0 Å². The summed E-state index contributed by atoms with van der Waals surface area (Å²) in [6, 6.07) is -0.329. The van der Waals surface area contributed by atoms with Gasteiger partial charge in [-0.15, -0.1) is 0 Å². The number of ether oxygens (including phenoxy) is 1. The highest BCUT2D eigenvalue weighted by Crippen LogP contribution is 2.49. The van der Waals surface area contributed by atoms with Crippen LogP contribution in [0.1, 0.15) is 58.3 Å². The summed E-state index contributed by atoms with van der Waals surface area (Å²) in [5, 5.41) is 0. The lowest BCUT2D eigenvalue weighted by atomic mass is 9.85. The van der Waals surface area contributed by atoms with E-state index < -0.39 is 0 Å². The van der Waals surface area contributed by atoms with E-state index >= 15 is 0 Å². The molecule has 2 aliphatic carbocycles. The number of nitrogens with zero attached hydrogens (tertiary/aromatic N) is 1. The third kappa shape index (κ3) is 3.09. The average Bonchev–Trinajstić information content (AvgIpc) is 3.10. The molecular weight excluding hydrogens is 266 g/mol. The van der Waals surface area contributed by atoms with Gasteiger partial charge in [0.05, 0.1) is 6.61 Å². The summed E-state index contributed by atoms with van der Waals surface area (Å²) in [4.78, 5) is 26.5. The average molecular weight is 293 g/mol. The molecule has 1 aliphatic heterocycles. The molecule has 21 heavy (non-hydrogen) atoms. The topological polar surface area (TPSA) is 46.6 Å². The van der Waals surface area contributed by atoms with Gasteiger partial charge in [-0.3, -0.25) is 4.79 Å². The maximum atomic E-state index is 12.7. The predicted octanol–water partition coefficient (Wildman–Crippen LogP) is 2.76. The molecule has 118 valence electrons. The number of esters is 1. The number of rotatable bonds is 4. The Bertz CT molecular complexity index is 409. The minimum Gasteiger partial charge on any atom is -0.464 e. The zero-order valence-corrected chi connectivity index (χ0v) is 13.1. The van der Waals surface area contributed by atoms with Crippen LogP contribution in [0.3, 0.4) is 0 Å². The molecule has 1 heterocycles. The standard InChI is InChI=1S/C17H27NO3/c1-2-21-17(20)15-5-3-4-8-18(15)16(19)11-14-10-12-6-7-13(14)9-12/h12-15H,2-11H2,1H3. The SMILES string of the molecule is CCOC(=O)C1CCCCN1C(=O)CC1CC2CCC1C2. The molecule has 2 saturated carbocycles. The molecule has 0 N–H and O–H groups in total. The van der Waals surface area contributed by atoms with E-state index in [2.05, 4.69) is 0 Å². The van der Waals surface area contributed by atoms with Gasteiger partial charge in [0.25, 0.3) is 0 Å². The van der Waals surface area contributed by atoms with E-state index in [1.165, 1.54) is 25.7 Å². The van der Waals surface area contributed by atoms with Crippen molar-refractivity contribution in [1.82, 2.24) is 4.90 Å². The monoisotopic (exact) mass is 293 g/mol. The minimum absolute atomic E-state index is 0.185. The largest absolute Gasteiger partial charge is 0.464 e. The molecule has 1 amide bonds. The first-order valence-corrected chi connectivity index (χ1v) is 8.65. The van der Waals surface area contributed by atoms with Crippen molar-refractivity contribution in [3.63, 3.8) is 0 Å². The molecule has 2 bridgehead atoms. The summed E-state index contributed by atoms with van der Waals surface area (Å²) >= 11 is 0. The summed E-state index contributed by atoms with van der Waals surface area (Å²) in [5.41, 5.74) is 0. The Morgan fingerprint density at radius 1 is 1.14 bits per heavy atom. The fourth-order valence-electron chi connectivity index (χ4n) is 4.68. The maximum Gasteiger partial charge on any atom is 0.328 e. The number of hydrogen-bond donors (Lipinski definition) is 0. The summed E-state index contributed by atoms with van der Waals surface area (Å²) < 4.78 is 5.15. The molecule has 4 nitrogen and oxygen atoms in total. The molecule has 4 heteroatoms. The molecule has 0 radical (unpaired) electrons. The van der Waals surface area contributed by atoms with Crippen LogP contribution in [-0.4, -0.2) is 36.0 Å². The Hall–Kier alpha value is -1.06. The Balaban J connectivity index is 1.60. The number of amides is 1. The lowest BCUT2D eigenvalue weighted by Gasteiger charge is -2.35. The van der Waals surface area contributed by atoms with Gasteiger partial charge in [-0.25, -0.2) is 4.79 Å². The van der Waals surface area contributed by atoms with Crippen LogP contribution in [0.25, 0.3) is 0 Å². The lowest BCUT2D eigenvalue weighted by Crippen LogP contribution is -2.49. The summed E-state index contributed by atoms with van der Waals surface area (Å²) in [6.07, 6.45) is 8.68. The molecule has 0 aromatic carbocycles. The van der Waals surface area contributed by atoms with Gasteiger partial charge in [-0.1, -0.05) is 6.42 Å². The molecule has 4 atom stereocenters. The fourth-order valence-corrected chi connectivity index (χ4v) is 4.68. The van der Waals surface area contributed by atoms with Crippen molar-refractivity contribution in [2.75, 3.05) is 13.2 Å². The Morgan fingerprint density at radius 2 is 2.00 bits per heavy atom. The van der Waals surface area contributed by atoms with Gasteiger partial charge < -0.3 is 9.64 Å². The predicted molar refractivity (Wildman–Crippen MR) is 79.5 cm³/mol.